The minimum absolute atomic E-state index is 0.0145. The third-order valence-corrected chi connectivity index (χ3v) is 5.48. The number of primary amides is 1. The van der Waals surface area contributed by atoms with Crippen molar-refractivity contribution in [1.82, 2.24) is 19.7 Å². The molecule has 0 aliphatic heterocycles. The van der Waals surface area contributed by atoms with Gasteiger partial charge in [0.15, 0.2) is 11.3 Å². The van der Waals surface area contributed by atoms with Crippen LogP contribution in [0.15, 0.2) is 71.5 Å². The van der Waals surface area contributed by atoms with Crippen LogP contribution in [0.2, 0.25) is 0 Å². The number of benzene rings is 2. The molecule has 1 atom stereocenters. The molecule has 0 saturated heterocycles. The molecule has 30 heavy (non-hydrogen) atoms. The van der Waals surface area contributed by atoms with Crippen molar-refractivity contribution >= 4 is 33.4 Å². The molecular weight excluding hydrogens is 446 g/mol. The van der Waals surface area contributed by atoms with Crippen LogP contribution in [0.25, 0.3) is 16.9 Å². The summed E-state index contributed by atoms with van der Waals surface area (Å²) in [5, 5.41) is 2.96. The molecular formula is C22H18BrN5O2. The van der Waals surface area contributed by atoms with Crippen molar-refractivity contribution in [3.8, 4) is 11.3 Å². The largest absolute Gasteiger partial charge is 0.364 e. The Kier molecular flexibility index (Phi) is 5.33. The number of hydrogen-bond acceptors (Lipinski definition) is 4. The predicted molar refractivity (Wildman–Crippen MR) is 117 cm³/mol. The summed E-state index contributed by atoms with van der Waals surface area (Å²) in [4.78, 5) is 33.3. The van der Waals surface area contributed by atoms with Gasteiger partial charge in [0.1, 0.15) is 12.0 Å². The Balaban J connectivity index is 1.78. The molecule has 1 unspecified atom stereocenters. The number of hydrogen-bond donors (Lipinski definition) is 2. The minimum Gasteiger partial charge on any atom is -0.364 e. The number of carbonyl (C=O) groups excluding carboxylic acids is 2. The molecule has 2 heterocycles. The first-order valence-corrected chi connectivity index (χ1v) is 10.0. The molecule has 0 radical (unpaired) electrons. The van der Waals surface area contributed by atoms with Crippen molar-refractivity contribution in [2.45, 2.75) is 13.0 Å². The third kappa shape index (κ3) is 3.69. The summed E-state index contributed by atoms with van der Waals surface area (Å²) in [6, 6.07) is 18.6. The van der Waals surface area contributed by atoms with Crippen molar-refractivity contribution in [3.63, 3.8) is 0 Å². The Morgan fingerprint density at radius 1 is 1.10 bits per heavy atom. The Bertz CT molecular complexity index is 1250. The summed E-state index contributed by atoms with van der Waals surface area (Å²) < 4.78 is 2.56. The quantitative estimate of drug-likeness (QED) is 0.470. The molecule has 0 aliphatic rings. The first kappa shape index (κ1) is 19.8. The van der Waals surface area contributed by atoms with Crippen LogP contribution in [0, 0.1) is 0 Å². The Morgan fingerprint density at radius 3 is 2.50 bits per heavy atom. The molecule has 8 heteroatoms. The van der Waals surface area contributed by atoms with Gasteiger partial charge in [0.05, 0.1) is 11.7 Å². The van der Waals surface area contributed by atoms with E-state index in [0.717, 1.165) is 15.6 Å². The van der Waals surface area contributed by atoms with E-state index >= 15 is 0 Å². The standard InChI is InChI=1S/C22H18BrN5O2/c1-13(15-9-5-6-10-16(15)23)26-22(30)17-11-18(14-7-3-2-4-8-14)28-12-25-19(20(24)29)21(28)27-17/h2-13H,1H3,(H2,24,29)(H,26,30). The smallest absolute Gasteiger partial charge is 0.271 e. The van der Waals surface area contributed by atoms with E-state index in [0.29, 0.717) is 5.69 Å². The van der Waals surface area contributed by atoms with E-state index in [9.17, 15) is 9.59 Å². The molecule has 0 saturated carbocycles. The lowest BCUT2D eigenvalue weighted by Crippen LogP contribution is -2.28. The fourth-order valence-electron chi connectivity index (χ4n) is 3.27. The van der Waals surface area contributed by atoms with Crippen LogP contribution in [0.4, 0.5) is 0 Å². The Morgan fingerprint density at radius 2 is 1.80 bits per heavy atom. The van der Waals surface area contributed by atoms with Crippen LogP contribution in [0.1, 0.15) is 39.5 Å². The molecule has 2 aromatic heterocycles. The SMILES string of the molecule is CC(NC(=O)c1cc(-c2ccccc2)n2cnc(C(N)=O)c2n1)c1ccccc1Br. The average Bonchev–Trinajstić information content (AvgIpc) is 3.18. The second-order valence-electron chi connectivity index (χ2n) is 6.76. The van der Waals surface area contributed by atoms with Gasteiger partial charge >= 0.3 is 0 Å². The molecule has 3 N–H and O–H groups in total. The van der Waals surface area contributed by atoms with Gasteiger partial charge < -0.3 is 11.1 Å². The fraction of sp³-hybridized carbons (Fsp3) is 0.0909. The van der Waals surface area contributed by atoms with Gasteiger partial charge in [-0.15, -0.1) is 0 Å². The number of imidazole rings is 1. The molecule has 2 amide bonds. The molecule has 4 aromatic rings. The van der Waals surface area contributed by atoms with Crippen LogP contribution in [-0.2, 0) is 0 Å². The zero-order chi connectivity index (χ0) is 21.3. The highest BCUT2D eigenvalue weighted by Crippen LogP contribution is 2.25. The summed E-state index contributed by atoms with van der Waals surface area (Å²) in [6.07, 6.45) is 1.48. The van der Waals surface area contributed by atoms with Gasteiger partial charge in [-0.05, 0) is 30.2 Å². The molecule has 0 fully saturated rings. The van der Waals surface area contributed by atoms with Crippen molar-refractivity contribution < 1.29 is 9.59 Å². The highest BCUT2D eigenvalue weighted by molar-refractivity contribution is 9.10. The van der Waals surface area contributed by atoms with E-state index in [2.05, 4.69) is 31.2 Å². The van der Waals surface area contributed by atoms with E-state index in [1.54, 1.807) is 10.5 Å². The average molecular weight is 464 g/mol. The second kappa shape index (κ2) is 8.08. The number of carbonyl (C=O) groups is 2. The summed E-state index contributed by atoms with van der Waals surface area (Å²) in [6.45, 7) is 1.89. The maximum Gasteiger partial charge on any atom is 0.271 e. The van der Waals surface area contributed by atoms with Gasteiger partial charge in [-0.25, -0.2) is 9.97 Å². The van der Waals surface area contributed by atoms with Crippen LogP contribution in [0.3, 0.4) is 0 Å². The number of nitrogens with one attached hydrogen (secondary N) is 1. The van der Waals surface area contributed by atoms with Gasteiger partial charge in [-0.2, -0.15) is 0 Å². The van der Waals surface area contributed by atoms with Crippen LogP contribution in [0.5, 0.6) is 0 Å². The van der Waals surface area contributed by atoms with E-state index in [4.69, 9.17) is 5.73 Å². The number of amides is 2. The predicted octanol–water partition coefficient (Wildman–Crippen LogP) is 3.75. The first-order valence-electron chi connectivity index (χ1n) is 9.24. The fourth-order valence-corrected chi connectivity index (χ4v) is 3.89. The Labute approximate surface area is 181 Å². The minimum atomic E-state index is -0.705. The number of fused-ring (bicyclic) bond motifs is 1. The highest BCUT2D eigenvalue weighted by atomic mass is 79.9. The lowest BCUT2D eigenvalue weighted by atomic mass is 10.1. The van der Waals surface area contributed by atoms with Gasteiger partial charge in [-0.1, -0.05) is 64.5 Å². The number of nitrogens with two attached hydrogens (primary N) is 1. The molecule has 0 bridgehead atoms. The zero-order valence-electron chi connectivity index (χ0n) is 16.0. The lowest BCUT2D eigenvalue weighted by molar-refractivity contribution is 0.0933. The van der Waals surface area contributed by atoms with E-state index in [-0.39, 0.29) is 29.0 Å². The number of nitrogens with zero attached hydrogens (tertiary/aromatic N) is 3. The van der Waals surface area contributed by atoms with Crippen molar-refractivity contribution in [1.29, 1.82) is 0 Å². The van der Waals surface area contributed by atoms with Crippen LogP contribution < -0.4 is 11.1 Å². The zero-order valence-corrected chi connectivity index (χ0v) is 17.6. The summed E-state index contributed by atoms with van der Waals surface area (Å²) in [5.41, 5.74) is 8.35. The first-order chi connectivity index (χ1) is 14.5. The van der Waals surface area contributed by atoms with Gasteiger partial charge in [0.2, 0.25) is 0 Å². The normalized spacial score (nSPS) is 11.9. The van der Waals surface area contributed by atoms with Crippen molar-refractivity contribution in [3.05, 3.63) is 88.4 Å². The van der Waals surface area contributed by atoms with Gasteiger partial charge in [0, 0.05) is 4.47 Å². The lowest BCUT2D eigenvalue weighted by Gasteiger charge is -2.16. The number of aromatic nitrogens is 3. The van der Waals surface area contributed by atoms with Crippen LogP contribution in [-0.4, -0.2) is 26.2 Å². The third-order valence-electron chi connectivity index (χ3n) is 4.76. The van der Waals surface area contributed by atoms with Crippen LogP contribution >= 0.6 is 15.9 Å². The van der Waals surface area contributed by atoms with E-state index in [1.807, 2.05) is 61.5 Å². The number of rotatable bonds is 5. The highest BCUT2D eigenvalue weighted by Gasteiger charge is 2.20. The van der Waals surface area contributed by atoms with Gasteiger partial charge in [-0.3, -0.25) is 14.0 Å². The maximum absolute atomic E-state index is 13.0. The second-order valence-corrected chi connectivity index (χ2v) is 7.61. The molecule has 0 aliphatic carbocycles. The molecule has 2 aromatic carbocycles. The summed E-state index contributed by atoms with van der Waals surface area (Å²) in [7, 11) is 0. The van der Waals surface area contributed by atoms with Crippen molar-refractivity contribution in [2.75, 3.05) is 0 Å². The maximum atomic E-state index is 13.0. The van der Waals surface area contributed by atoms with E-state index < -0.39 is 5.91 Å². The summed E-state index contributed by atoms with van der Waals surface area (Å²) in [5.74, 6) is -1.07. The topological polar surface area (TPSA) is 102 Å². The molecule has 4 rings (SSSR count). The van der Waals surface area contributed by atoms with Crippen molar-refractivity contribution in [2.24, 2.45) is 5.73 Å². The number of halogens is 1. The monoisotopic (exact) mass is 463 g/mol. The molecule has 150 valence electrons. The van der Waals surface area contributed by atoms with Gasteiger partial charge in [0.25, 0.3) is 11.8 Å². The molecule has 7 nitrogen and oxygen atoms in total. The summed E-state index contributed by atoms with van der Waals surface area (Å²) >= 11 is 3.51. The van der Waals surface area contributed by atoms with E-state index in [1.165, 1.54) is 6.33 Å². The Hall–Kier alpha value is -3.52. The molecule has 0 spiro atoms.